The highest BCUT2D eigenvalue weighted by Crippen LogP contribution is 2.17. The topological polar surface area (TPSA) is 78.5 Å². The van der Waals surface area contributed by atoms with E-state index in [1.54, 1.807) is 4.90 Å². The predicted molar refractivity (Wildman–Crippen MR) is 82.1 cm³/mol. The molecular weight excluding hydrogens is 301 g/mol. The van der Waals surface area contributed by atoms with Crippen molar-refractivity contribution in [3.63, 3.8) is 0 Å². The fourth-order valence-corrected chi connectivity index (χ4v) is 2.46. The number of hydrogen-bond donors (Lipinski definition) is 2. The number of likely N-dealkylation sites (tertiary alicyclic amines) is 1. The van der Waals surface area contributed by atoms with Gasteiger partial charge in [0.25, 0.3) is 5.91 Å². The van der Waals surface area contributed by atoms with Crippen LogP contribution in [0.3, 0.4) is 0 Å². The summed E-state index contributed by atoms with van der Waals surface area (Å²) in [5.74, 6) is -1.23. The maximum Gasteiger partial charge on any atom is 0.251 e. The minimum absolute atomic E-state index is 0.00253. The first-order valence-corrected chi connectivity index (χ1v) is 7.60. The first-order chi connectivity index (χ1) is 11.0. The molecular formula is C16H20FN3O3. The number of carbonyl (C=O) groups excluding carboxylic acids is 3. The van der Waals surface area contributed by atoms with Crippen LogP contribution in [-0.4, -0.2) is 48.8 Å². The lowest BCUT2D eigenvalue weighted by atomic mass is 10.1. The van der Waals surface area contributed by atoms with Gasteiger partial charge in [-0.15, -0.1) is 0 Å². The van der Waals surface area contributed by atoms with E-state index in [1.807, 2.05) is 6.92 Å². The third-order valence-corrected chi connectivity index (χ3v) is 3.78. The Balaban J connectivity index is 1.69. The van der Waals surface area contributed by atoms with Crippen molar-refractivity contribution < 1.29 is 18.8 Å². The van der Waals surface area contributed by atoms with Crippen LogP contribution in [-0.2, 0) is 9.59 Å². The number of nitrogens with one attached hydrogen (secondary N) is 2. The molecule has 1 aromatic rings. The predicted octanol–water partition coefficient (Wildman–Crippen LogP) is 0.540. The second kappa shape index (κ2) is 7.71. The van der Waals surface area contributed by atoms with Crippen molar-refractivity contribution in [1.29, 1.82) is 0 Å². The molecule has 23 heavy (non-hydrogen) atoms. The third-order valence-electron chi connectivity index (χ3n) is 3.78. The molecule has 1 unspecified atom stereocenters. The Kier molecular flexibility index (Phi) is 5.67. The Labute approximate surface area is 134 Å². The first-order valence-electron chi connectivity index (χ1n) is 7.60. The molecule has 124 valence electrons. The van der Waals surface area contributed by atoms with Gasteiger partial charge in [0.2, 0.25) is 11.8 Å². The van der Waals surface area contributed by atoms with Crippen LogP contribution in [0.25, 0.3) is 0 Å². The number of rotatable bonds is 6. The Morgan fingerprint density at radius 1 is 1.22 bits per heavy atom. The normalized spacial score (nSPS) is 17.2. The molecule has 0 bridgehead atoms. The van der Waals surface area contributed by atoms with Gasteiger partial charge in [-0.2, -0.15) is 0 Å². The van der Waals surface area contributed by atoms with E-state index in [9.17, 15) is 18.8 Å². The molecule has 1 atom stereocenters. The van der Waals surface area contributed by atoms with Gasteiger partial charge in [0, 0.05) is 38.2 Å². The molecule has 2 rings (SSSR count). The van der Waals surface area contributed by atoms with Crippen molar-refractivity contribution in [3.8, 4) is 0 Å². The van der Waals surface area contributed by atoms with Gasteiger partial charge in [-0.05, 0) is 31.2 Å². The number of halogens is 1. The lowest BCUT2D eigenvalue weighted by molar-refractivity contribution is -0.128. The molecule has 0 aromatic heterocycles. The molecule has 3 amide bonds. The van der Waals surface area contributed by atoms with Crippen molar-refractivity contribution in [2.24, 2.45) is 5.92 Å². The monoisotopic (exact) mass is 321 g/mol. The zero-order valence-corrected chi connectivity index (χ0v) is 13.0. The molecule has 0 radical (unpaired) electrons. The summed E-state index contributed by atoms with van der Waals surface area (Å²) in [6, 6.07) is 5.22. The summed E-state index contributed by atoms with van der Waals surface area (Å²) in [7, 11) is 0. The number of carbonyl (C=O) groups is 3. The van der Waals surface area contributed by atoms with Gasteiger partial charge in [0.15, 0.2) is 0 Å². The summed E-state index contributed by atoms with van der Waals surface area (Å²) in [5.41, 5.74) is 0.359. The van der Waals surface area contributed by atoms with E-state index in [0.717, 1.165) is 0 Å². The van der Waals surface area contributed by atoms with Gasteiger partial charge >= 0.3 is 0 Å². The fourth-order valence-electron chi connectivity index (χ4n) is 2.46. The summed E-state index contributed by atoms with van der Waals surface area (Å²) in [6.45, 7) is 3.48. The van der Waals surface area contributed by atoms with Crippen LogP contribution in [0.1, 0.15) is 23.7 Å². The quantitative estimate of drug-likeness (QED) is 0.751. The Bertz CT molecular complexity index is 589. The molecule has 2 N–H and O–H groups in total. The van der Waals surface area contributed by atoms with Crippen LogP contribution in [0.5, 0.6) is 0 Å². The number of amides is 3. The summed E-state index contributed by atoms with van der Waals surface area (Å²) in [5, 5.41) is 5.35. The highest BCUT2D eigenvalue weighted by atomic mass is 19.1. The Hall–Kier alpha value is -2.44. The van der Waals surface area contributed by atoms with Crippen LogP contribution >= 0.6 is 0 Å². The smallest absolute Gasteiger partial charge is 0.251 e. The lowest BCUT2D eigenvalue weighted by Gasteiger charge is -2.13. The van der Waals surface area contributed by atoms with Crippen molar-refractivity contribution in [2.45, 2.75) is 13.3 Å². The van der Waals surface area contributed by atoms with Crippen molar-refractivity contribution >= 4 is 17.7 Å². The SMILES string of the molecule is CCN1CC(C(=O)NCCNC(=O)c2ccc(F)cc2)CC1=O. The van der Waals surface area contributed by atoms with E-state index in [2.05, 4.69) is 10.6 Å². The second-order valence-corrected chi connectivity index (χ2v) is 5.39. The zero-order valence-electron chi connectivity index (χ0n) is 13.0. The van der Waals surface area contributed by atoms with E-state index in [1.165, 1.54) is 24.3 Å². The van der Waals surface area contributed by atoms with Crippen LogP contribution in [0.15, 0.2) is 24.3 Å². The van der Waals surface area contributed by atoms with Crippen LogP contribution in [0.2, 0.25) is 0 Å². The van der Waals surface area contributed by atoms with Gasteiger partial charge in [-0.1, -0.05) is 0 Å². The number of benzene rings is 1. The zero-order chi connectivity index (χ0) is 16.8. The largest absolute Gasteiger partial charge is 0.354 e. The lowest BCUT2D eigenvalue weighted by Crippen LogP contribution is -2.38. The van der Waals surface area contributed by atoms with E-state index < -0.39 is 5.82 Å². The van der Waals surface area contributed by atoms with E-state index in [0.29, 0.717) is 18.7 Å². The molecule has 1 aliphatic heterocycles. The molecule has 6 nitrogen and oxygen atoms in total. The summed E-state index contributed by atoms with van der Waals surface area (Å²) < 4.78 is 12.8. The molecule has 0 saturated carbocycles. The van der Waals surface area contributed by atoms with Gasteiger partial charge in [-0.3, -0.25) is 14.4 Å². The molecule has 0 spiro atoms. The number of hydrogen-bond acceptors (Lipinski definition) is 3. The first kappa shape index (κ1) is 16.9. The molecule has 0 aliphatic carbocycles. The number of nitrogens with zero attached hydrogens (tertiary/aromatic N) is 1. The maximum atomic E-state index is 12.8. The van der Waals surface area contributed by atoms with Gasteiger partial charge in [-0.25, -0.2) is 4.39 Å². The molecule has 1 saturated heterocycles. The highest BCUT2D eigenvalue weighted by molar-refractivity contribution is 5.94. The van der Waals surface area contributed by atoms with Gasteiger partial charge < -0.3 is 15.5 Å². The van der Waals surface area contributed by atoms with Gasteiger partial charge in [0.1, 0.15) is 5.82 Å². The molecule has 1 aliphatic rings. The minimum atomic E-state index is -0.402. The van der Waals surface area contributed by atoms with Crippen LogP contribution in [0, 0.1) is 11.7 Å². The van der Waals surface area contributed by atoms with Crippen LogP contribution < -0.4 is 10.6 Å². The van der Waals surface area contributed by atoms with Crippen molar-refractivity contribution in [2.75, 3.05) is 26.2 Å². The molecule has 1 heterocycles. The molecule has 1 fully saturated rings. The van der Waals surface area contributed by atoms with E-state index >= 15 is 0 Å². The molecule has 7 heteroatoms. The fraction of sp³-hybridized carbons (Fsp3) is 0.438. The molecule has 1 aromatic carbocycles. The van der Waals surface area contributed by atoms with Crippen molar-refractivity contribution in [3.05, 3.63) is 35.6 Å². The maximum absolute atomic E-state index is 12.8. The average molecular weight is 321 g/mol. The Morgan fingerprint density at radius 3 is 2.48 bits per heavy atom. The standard InChI is InChI=1S/C16H20FN3O3/c1-2-20-10-12(9-14(20)21)16(23)19-8-7-18-15(22)11-3-5-13(17)6-4-11/h3-6,12H,2,7-10H2,1H3,(H,18,22)(H,19,23). The summed E-state index contributed by atoms with van der Waals surface area (Å²) in [4.78, 5) is 37.0. The third kappa shape index (κ3) is 4.51. The van der Waals surface area contributed by atoms with E-state index in [4.69, 9.17) is 0 Å². The second-order valence-electron chi connectivity index (χ2n) is 5.39. The summed E-state index contributed by atoms with van der Waals surface area (Å²) >= 11 is 0. The van der Waals surface area contributed by atoms with Gasteiger partial charge in [0.05, 0.1) is 5.92 Å². The van der Waals surface area contributed by atoms with Crippen LogP contribution in [0.4, 0.5) is 4.39 Å². The van der Waals surface area contributed by atoms with E-state index in [-0.39, 0.29) is 43.1 Å². The Morgan fingerprint density at radius 2 is 1.87 bits per heavy atom. The highest BCUT2D eigenvalue weighted by Gasteiger charge is 2.32. The minimum Gasteiger partial charge on any atom is -0.354 e. The summed E-state index contributed by atoms with van der Waals surface area (Å²) in [6.07, 6.45) is 0.238. The van der Waals surface area contributed by atoms with Crippen molar-refractivity contribution in [1.82, 2.24) is 15.5 Å². The average Bonchev–Trinajstić information content (AvgIpc) is 2.93.